The minimum atomic E-state index is -0.185. The van der Waals surface area contributed by atoms with Gasteiger partial charge in [-0.15, -0.1) is 0 Å². The number of hydrogen-bond donors (Lipinski definition) is 0. The predicted octanol–water partition coefficient (Wildman–Crippen LogP) is 1.33. The minimum absolute atomic E-state index is 0.0747. The van der Waals surface area contributed by atoms with Gasteiger partial charge in [0, 0.05) is 56.1 Å². The van der Waals surface area contributed by atoms with E-state index in [4.69, 9.17) is 0 Å². The van der Waals surface area contributed by atoms with Crippen molar-refractivity contribution in [1.82, 2.24) is 19.2 Å². The fraction of sp³-hybridized carbons (Fsp3) is 0.500. The third-order valence-corrected chi connectivity index (χ3v) is 5.39. The summed E-state index contributed by atoms with van der Waals surface area (Å²) in [4.78, 5) is 27.0. The Balaban J connectivity index is 1.57. The van der Waals surface area contributed by atoms with Gasteiger partial charge in [0.1, 0.15) is 0 Å². The van der Waals surface area contributed by atoms with Crippen LogP contribution in [0.25, 0.3) is 0 Å². The Bertz CT molecular complexity index is 838. The maximum absolute atomic E-state index is 12.9. The highest BCUT2D eigenvalue weighted by Crippen LogP contribution is 2.36. The average Bonchev–Trinajstić information content (AvgIpc) is 3.01. The quantitative estimate of drug-likeness (QED) is 0.836. The van der Waals surface area contributed by atoms with E-state index in [0.29, 0.717) is 12.5 Å². The second-order valence-electron chi connectivity index (χ2n) is 7.11. The van der Waals surface area contributed by atoms with Crippen LogP contribution in [0.2, 0.25) is 0 Å². The third kappa shape index (κ3) is 2.46. The van der Waals surface area contributed by atoms with Crippen LogP contribution in [-0.2, 0) is 18.4 Å². The SMILES string of the molecule is CC(C(=O)N1C[C@@H]2C[C@H](C1)c1cccc(=O)n1C2)c1cnn(C)c1. The van der Waals surface area contributed by atoms with E-state index in [0.717, 1.165) is 30.8 Å². The van der Waals surface area contributed by atoms with Gasteiger partial charge in [-0.25, -0.2) is 0 Å². The molecule has 2 aliphatic rings. The molecule has 4 heterocycles. The first-order chi connectivity index (χ1) is 11.5. The average molecular weight is 326 g/mol. The zero-order chi connectivity index (χ0) is 16.8. The van der Waals surface area contributed by atoms with Crippen molar-refractivity contribution in [2.45, 2.75) is 31.7 Å². The van der Waals surface area contributed by atoms with Gasteiger partial charge in [-0.3, -0.25) is 14.3 Å². The van der Waals surface area contributed by atoms with Crippen molar-refractivity contribution in [2.75, 3.05) is 13.1 Å². The third-order valence-electron chi connectivity index (χ3n) is 5.39. The molecule has 2 aliphatic heterocycles. The molecule has 0 aromatic carbocycles. The van der Waals surface area contributed by atoms with Crippen molar-refractivity contribution >= 4 is 5.91 Å². The van der Waals surface area contributed by atoms with Gasteiger partial charge < -0.3 is 9.47 Å². The van der Waals surface area contributed by atoms with Crippen LogP contribution in [0.3, 0.4) is 0 Å². The summed E-state index contributed by atoms with van der Waals surface area (Å²) in [6.07, 6.45) is 4.74. The summed E-state index contributed by atoms with van der Waals surface area (Å²) in [5.74, 6) is 0.595. The molecule has 1 amide bonds. The number of carbonyl (C=O) groups is 1. The van der Waals surface area contributed by atoms with Gasteiger partial charge >= 0.3 is 0 Å². The van der Waals surface area contributed by atoms with E-state index < -0.39 is 0 Å². The highest BCUT2D eigenvalue weighted by molar-refractivity contribution is 5.83. The lowest BCUT2D eigenvalue weighted by molar-refractivity contribution is -0.135. The van der Waals surface area contributed by atoms with Gasteiger partial charge in [0.05, 0.1) is 12.1 Å². The van der Waals surface area contributed by atoms with Crippen LogP contribution in [0.5, 0.6) is 0 Å². The summed E-state index contributed by atoms with van der Waals surface area (Å²) in [7, 11) is 1.86. The number of pyridine rings is 1. The number of aromatic nitrogens is 3. The van der Waals surface area contributed by atoms with Crippen LogP contribution < -0.4 is 5.56 Å². The first kappa shape index (κ1) is 15.2. The summed E-state index contributed by atoms with van der Waals surface area (Å²) in [5, 5.41) is 4.17. The lowest BCUT2D eigenvalue weighted by Crippen LogP contribution is -2.50. The molecule has 1 fully saturated rings. The first-order valence-electron chi connectivity index (χ1n) is 8.50. The zero-order valence-electron chi connectivity index (χ0n) is 14.1. The molecular formula is C18H22N4O2. The fourth-order valence-electron chi connectivity index (χ4n) is 4.16. The molecule has 3 atom stereocenters. The van der Waals surface area contributed by atoms with Crippen molar-refractivity contribution in [2.24, 2.45) is 13.0 Å². The van der Waals surface area contributed by atoms with Crippen molar-refractivity contribution in [3.63, 3.8) is 0 Å². The highest BCUT2D eigenvalue weighted by Gasteiger charge is 2.37. The number of piperidine rings is 1. The standard InChI is InChI=1S/C18H22N4O2/c1-12(15-7-19-20(2)10-15)18(24)21-8-13-6-14(11-21)16-4-3-5-17(23)22(16)9-13/h3-5,7,10,12-14H,6,8-9,11H2,1-2H3/t12?,13-,14+/m0/s1. The van der Waals surface area contributed by atoms with Gasteiger partial charge in [0.2, 0.25) is 5.91 Å². The highest BCUT2D eigenvalue weighted by atomic mass is 16.2. The predicted molar refractivity (Wildman–Crippen MR) is 89.8 cm³/mol. The van der Waals surface area contributed by atoms with Crippen LogP contribution >= 0.6 is 0 Å². The number of hydrogen-bond acceptors (Lipinski definition) is 3. The van der Waals surface area contributed by atoms with Crippen LogP contribution in [0.15, 0.2) is 35.4 Å². The molecule has 1 unspecified atom stereocenters. The first-order valence-corrected chi connectivity index (χ1v) is 8.50. The Kier molecular flexibility index (Phi) is 3.55. The molecule has 0 aliphatic carbocycles. The molecule has 0 saturated carbocycles. The number of fused-ring (bicyclic) bond motifs is 4. The second kappa shape index (κ2) is 5.61. The molecule has 24 heavy (non-hydrogen) atoms. The summed E-state index contributed by atoms with van der Waals surface area (Å²) in [5.41, 5.74) is 2.10. The molecule has 0 N–H and O–H groups in total. The molecular weight excluding hydrogens is 304 g/mol. The summed E-state index contributed by atoms with van der Waals surface area (Å²) in [6.45, 7) is 4.10. The van der Waals surface area contributed by atoms with E-state index in [9.17, 15) is 9.59 Å². The monoisotopic (exact) mass is 326 g/mol. The Labute approximate surface area is 140 Å². The maximum Gasteiger partial charge on any atom is 0.250 e. The largest absolute Gasteiger partial charge is 0.341 e. The number of carbonyl (C=O) groups excluding carboxylic acids is 1. The number of amides is 1. The fourth-order valence-corrected chi connectivity index (χ4v) is 4.16. The van der Waals surface area contributed by atoms with Crippen molar-refractivity contribution < 1.29 is 4.79 Å². The smallest absolute Gasteiger partial charge is 0.250 e. The molecule has 0 spiro atoms. The lowest BCUT2D eigenvalue weighted by atomic mass is 9.82. The summed E-state index contributed by atoms with van der Waals surface area (Å²) < 4.78 is 3.62. The van der Waals surface area contributed by atoms with Crippen molar-refractivity contribution in [3.8, 4) is 0 Å². The Morgan fingerprint density at radius 1 is 1.29 bits per heavy atom. The minimum Gasteiger partial charge on any atom is -0.341 e. The van der Waals surface area contributed by atoms with Gasteiger partial charge in [-0.1, -0.05) is 6.07 Å². The Morgan fingerprint density at radius 3 is 2.88 bits per heavy atom. The molecule has 0 radical (unpaired) electrons. The zero-order valence-corrected chi connectivity index (χ0v) is 14.1. The van der Waals surface area contributed by atoms with Crippen molar-refractivity contribution in [1.29, 1.82) is 0 Å². The molecule has 6 heteroatoms. The lowest BCUT2D eigenvalue weighted by Gasteiger charge is -2.43. The Morgan fingerprint density at radius 2 is 2.12 bits per heavy atom. The van der Waals surface area contributed by atoms with E-state index in [1.807, 2.05) is 41.8 Å². The second-order valence-corrected chi connectivity index (χ2v) is 7.11. The van der Waals surface area contributed by atoms with Gasteiger partial charge in [-0.05, 0) is 25.3 Å². The van der Waals surface area contributed by atoms with Crippen LogP contribution in [0.1, 0.15) is 36.4 Å². The number of likely N-dealkylation sites (tertiary alicyclic amines) is 1. The van der Waals surface area contributed by atoms with E-state index >= 15 is 0 Å². The number of rotatable bonds is 2. The maximum atomic E-state index is 12.9. The molecule has 1 saturated heterocycles. The van der Waals surface area contributed by atoms with E-state index in [1.165, 1.54) is 0 Å². The van der Waals surface area contributed by atoms with Gasteiger partial charge in [-0.2, -0.15) is 5.10 Å². The van der Waals surface area contributed by atoms with Gasteiger partial charge in [0.15, 0.2) is 0 Å². The Hall–Kier alpha value is -2.37. The van der Waals surface area contributed by atoms with Crippen LogP contribution in [-0.4, -0.2) is 38.2 Å². The van der Waals surface area contributed by atoms with Gasteiger partial charge in [0.25, 0.3) is 5.56 Å². The van der Waals surface area contributed by atoms with E-state index in [1.54, 1.807) is 16.9 Å². The molecule has 6 nitrogen and oxygen atoms in total. The van der Waals surface area contributed by atoms with Crippen LogP contribution in [0, 0.1) is 5.92 Å². The van der Waals surface area contributed by atoms with Crippen LogP contribution in [0.4, 0.5) is 0 Å². The molecule has 2 bridgehead atoms. The molecule has 2 aromatic heterocycles. The molecule has 126 valence electrons. The summed E-state index contributed by atoms with van der Waals surface area (Å²) >= 11 is 0. The number of nitrogens with zero attached hydrogens (tertiary/aromatic N) is 4. The van der Waals surface area contributed by atoms with E-state index in [2.05, 4.69) is 5.10 Å². The number of aryl methyl sites for hydroxylation is 1. The van der Waals surface area contributed by atoms with Crippen molar-refractivity contribution in [3.05, 3.63) is 52.2 Å². The topological polar surface area (TPSA) is 60.1 Å². The van der Waals surface area contributed by atoms with E-state index in [-0.39, 0.29) is 23.3 Å². The normalized spacial score (nSPS) is 23.7. The molecule has 4 rings (SSSR count). The molecule has 2 aromatic rings. The summed E-state index contributed by atoms with van der Waals surface area (Å²) in [6, 6.07) is 5.48.